The number of aliphatic hydroxyl groups is 1. The maximum Gasteiger partial charge on any atom is 0.404 e. The van der Waals surface area contributed by atoms with E-state index in [-0.39, 0.29) is 37.6 Å². The van der Waals surface area contributed by atoms with E-state index in [1.54, 1.807) is 20.0 Å². The van der Waals surface area contributed by atoms with Crippen LogP contribution in [0.3, 0.4) is 0 Å². The summed E-state index contributed by atoms with van der Waals surface area (Å²) in [4.78, 5) is 41.3. The van der Waals surface area contributed by atoms with Gasteiger partial charge in [-0.2, -0.15) is 0 Å². The Bertz CT molecular complexity index is 1570. The van der Waals surface area contributed by atoms with Crippen LogP contribution in [0.4, 0.5) is 4.79 Å². The van der Waals surface area contributed by atoms with Gasteiger partial charge in [0, 0.05) is 49.4 Å². The lowest BCUT2D eigenvalue weighted by atomic mass is 9.82. The van der Waals surface area contributed by atoms with Crippen molar-refractivity contribution in [2.75, 3.05) is 25.1 Å². The average Bonchev–Trinajstić information content (AvgIpc) is 3.01. The molecule has 0 spiro atoms. The Morgan fingerprint density at radius 1 is 0.936 bits per heavy atom. The molecule has 2 aromatic carbocycles. The molecule has 0 radical (unpaired) electrons. The van der Waals surface area contributed by atoms with Crippen LogP contribution in [0.1, 0.15) is 50.7 Å². The highest BCUT2D eigenvalue weighted by Gasteiger charge is 2.33. The maximum absolute atomic E-state index is 13.4. The number of nitrogens with zero attached hydrogens (tertiary/aromatic N) is 1. The molecule has 3 amide bonds. The number of benzene rings is 2. The van der Waals surface area contributed by atoms with E-state index < -0.39 is 51.2 Å². The number of rotatable bonds is 17. The van der Waals surface area contributed by atoms with E-state index >= 15 is 0 Å². The highest BCUT2D eigenvalue weighted by Crippen LogP contribution is 2.29. The number of aromatic nitrogens is 1. The van der Waals surface area contributed by atoms with Gasteiger partial charge in [-0.05, 0) is 41.5 Å². The fourth-order valence-corrected chi connectivity index (χ4v) is 6.53. The zero-order chi connectivity index (χ0) is 34.6. The lowest BCUT2D eigenvalue weighted by Crippen LogP contribution is -2.51. The Hall–Kier alpha value is -4.29. The van der Waals surface area contributed by atoms with Crippen LogP contribution in [0.2, 0.25) is 0 Å². The van der Waals surface area contributed by atoms with Crippen molar-refractivity contribution < 1.29 is 33.0 Å². The first-order valence-corrected chi connectivity index (χ1v) is 17.6. The van der Waals surface area contributed by atoms with E-state index in [0.29, 0.717) is 6.42 Å². The van der Waals surface area contributed by atoms with Crippen molar-refractivity contribution in [1.82, 2.24) is 20.9 Å². The third kappa shape index (κ3) is 12.8. The van der Waals surface area contributed by atoms with E-state index in [2.05, 4.69) is 20.9 Å². The lowest BCUT2D eigenvalue weighted by Gasteiger charge is -2.33. The Morgan fingerprint density at radius 2 is 1.60 bits per heavy atom. The summed E-state index contributed by atoms with van der Waals surface area (Å²) in [7, 11) is -3.43. The Kier molecular flexibility index (Phi) is 13.5. The molecule has 0 aliphatic rings. The smallest absolute Gasteiger partial charge is 0.404 e. The van der Waals surface area contributed by atoms with Crippen molar-refractivity contribution in [2.45, 2.75) is 58.1 Å². The van der Waals surface area contributed by atoms with Gasteiger partial charge in [-0.25, -0.2) is 13.2 Å². The van der Waals surface area contributed by atoms with Crippen LogP contribution >= 0.6 is 0 Å². The van der Waals surface area contributed by atoms with Crippen molar-refractivity contribution in [1.29, 1.82) is 0 Å². The Morgan fingerprint density at radius 3 is 2.19 bits per heavy atom. The maximum atomic E-state index is 13.4. The molecule has 0 fully saturated rings. The molecule has 0 aliphatic heterocycles. The minimum Gasteiger partial charge on any atom is -0.465 e. The van der Waals surface area contributed by atoms with Crippen LogP contribution in [-0.4, -0.2) is 78.8 Å². The van der Waals surface area contributed by atoms with Gasteiger partial charge in [0.1, 0.15) is 9.84 Å². The van der Waals surface area contributed by atoms with Gasteiger partial charge in [-0.3, -0.25) is 14.6 Å². The third-order valence-electron chi connectivity index (χ3n) is 7.87. The van der Waals surface area contributed by atoms with Crippen molar-refractivity contribution in [3.05, 3.63) is 90.1 Å². The van der Waals surface area contributed by atoms with E-state index in [1.807, 2.05) is 72.8 Å². The topological polar surface area (TPSA) is 175 Å². The summed E-state index contributed by atoms with van der Waals surface area (Å²) in [6.07, 6.45) is 1.15. The molecule has 4 atom stereocenters. The standard InChI is InChI=1S/C35H46N4O7S/c1-24(22-47(4,45)46)33(42)39-32(30(40)17-19-37-31(41)21-35(2,3)23-38-34(43)44)28(26-10-6-5-7-11-26)20-25-13-15-27(16-14-25)29-12-8-9-18-36-29/h5-16,18,24,28,30,32,38,40H,17,19-23H2,1-4H3,(H,37,41)(H,39,42)(H,43,44)/t24-,28?,30+,32+/m1/s1. The summed E-state index contributed by atoms with van der Waals surface area (Å²) < 4.78 is 23.9. The van der Waals surface area contributed by atoms with Crippen molar-refractivity contribution in [3.63, 3.8) is 0 Å². The summed E-state index contributed by atoms with van der Waals surface area (Å²) in [6, 6.07) is 22.3. The van der Waals surface area contributed by atoms with Gasteiger partial charge in [-0.15, -0.1) is 0 Å². The molecule has 11 nitrogen and oxygen atoms in total. The SMILES string of the molecule is C[C@H](CS(C)(=O)=O)C(=O)N[C@@H](C(Cc1ccc(-c2ccccn2)cc1)c1ccccc1)[C@@H](O)CCNC(=O)CC(C)(C)CNC(=O)O. The second-order valence-electron chi connectivity index (χ2n) is 12.9. The Labute approximate surface area is 277 Å². The molecule has 1 aromatic heterocycles. The van der Waals surface area contributed by atoms with Crippen LogP contribution in [0.5, 0.6) is 0 Å². The molecule has 5 N–H and O–H groups in total. The van der Waals surface area contributed by atoms with E-state index in [4.69, 9.17) is 5.11 Å². The second kappa shape index (κ2) is 17.0. The fraction of sp³-hybridized carbons (Fsp3) is 0.429. The lowest BCUT2D eigenvalue weighted by molar-refractivity contribution is -0.126. The van der Waals surface area contributed by atoms with E-state index in [1.165, 1.54) is 6.92 Å². The first kappa shape index (κ1) is 37.2. The van der Waals surface area contributed by atoms with Crippen LogP contribution in [0.25, 0.3) is 11.3 Å². The number of amides is 3. The number of nitrogens with one attached hydrogen (secondary N) is 3. The number of aliphatic hydroxyl groups excluding tert-OH is 1. The monoisotopic (exact) mass is 666 g/mol. The zero-order valence-corrected chi connectivity index (χ0v) is 28.2. The summed E-state index contributed by atoms with van der Waals surface area (Å²) in [6.45, 7) is 5.28. The largest absolute Gasteiger partial charge is 0.465 e. The molecule has 1 unspecified atom stereocenters. The highest BCUT2D eigenvalue weighted by atomic mass is 32.2. The number of pyridine rings is 1. The van der Waals surface area contributed by atoms with Gasteiger partial charge in [-0.1, -0.05) is 81.4 Å². The predicted octanol–water partition coefficient (Wildman–Crippen LogP) is 3.79. The van der Waals surface area contributed by atoms with Gasteiger partial charge in [0.2, 0.25) is 11.8 Å². The summed E-state index contributed by atoms with van der Waals surface area (Å²) >= 11 is 0. The first-order valence-electron chi connectivity index (χ1n) is 15.6. The number of hydrogen-bond acceptors (Lipinski definition) is 7. The first-order chi connectivity index (χ1) is 22.1. The molecule has 3 aromatic rings. The van der Waals surface area contributed by atoms with Crippen molar-refractivity contribution >= 4 is 27.7 Å². The zero-order valence-electron chi connectivity index (χ0n) is 27.3. The average molecular weight is 667 g/mol. The van der Waals surface area contributed by atoms with Crippen molar-refractivity contribution in [3.8, 4) is 11.3 Å². The van der Waals surface area contributed by atoms with Gasteiger partial charge in [0.05, 0.1) is 23.6 Å². The normalized spacial score (nSPS) is 14.3. The molecule has 1 heterocycles. The molecule has 0 bridgehead atoms. The second-order valence-corrected chi connectivity index (χ2v) is 15.1. The van der Waals surface area contributed by atoms with Gasteiger partial charge >= 0.3 is 6.09 Å². The molecule has 47 heavy (non-hydrogen) atoms. The number of carbonyl (C=O) groups excluding carboxylic acids is 2. The highest BCUT2D eigenvalue weighted by molar-refractivity contribution is 7.90. The number of sulfone groups is 1. The van der Waals surface area contributed by atoms with Crippen LogP contribution in [0, 0.1) is 11.3 Å². The van der Waals surface area contributed by atoms with Gasteiger partial charge in [0.15, 0.2) is 0 Å². The molecular weight excluding hydrogens is 620 g/mol. The molecule has 12 heteroatoms. The van der Waals surface area contributed by atoms with E-state index in [9.17, 15) is 27.9 Å². The molecule has 254 valence electrons. The van der Waals surface area contributed by atoms with Crippen LogP contribution in [0.15, 0.2) is 79.0 Å². The molecule has 3 rings (SSSR count). The van der Waals surface area contributed by atoms with Gasteiger partial charge < -0.3 is 26.2 Å². The summed E-state index contributed by atoms with van der Waals surface area (Å²) in [5.41, 5.74) is 2.99. The number of hydrogen-bond donors (Lipinski definition) is 5. The molecule has 0 aliphatic carbocycles. The minimum absolute atomic E-state index is 0.0632. The molecular formula is C35H46N4O7S. The minimum atomic E-state index is -3.43. The third-order valence-corrected chi connectivity index (χ3v) is 8.98. The number of carboxylic acid groups (broad SMARTS) is 1. The van der Waals surface area contributed by atoms with Gasteiger partial charge in [0.25, 0.3) is 0 Å². The summed E-state index contributed by atoms with van der Waals surface area (Å²) in [5, 5.41) is 28.5. The molecule has 0 saturated carbocycles. The van der Waals surface area contributed by atoms with Crippen LogP contribution < -0.4 is 16.0 Å². The molecule has 0 saturated heterocycles. The van der Waals surface area contributed by atoms with Crippen LogP contribution in [-0.2, 0) is 25.8 Å². The Balaban J connectivity index is 1.84. The quantitative estimate of drug-likeness (QED) is 0.145. The summed E-state index contributed by atoms with van der Waals surface area (Å²) in [5.74, 6) is -2.39. The van der Waals surface area contributed by atoms with E-state index in [0.717, 1.165) is 28.6 Å². The fourth-order valence-electron chi connectivity index (χ4n) is 5.47. The number of carbonyl (C=O) groups is 3. The predicted molar refractivity (Wildman–Crippen MR) is 181 cm³/mol. The van der Waals surface area contributed by atoms with Crippen molar-refractivity contribution in [2.24, 2.45) is 11.3 Å².